The molecule has 2 heterocycles. The standard InChI is InChI=1S/C15H20F3N5O/c1-8-9(2)13-20-21-14(15(16,17)18)23(13)22-12(8)19-10-5-4-6-11(7-10)24-3/h10-11H,4-7H2,1-3H3,(H,19,22). The van der Waals surface area contributed by atoms with Crippen LogP contribution in [0.15, 0.2) is 0 Å². The van der Waals surface area contributed by atoms with Gasteiger partial charge in [0.1, 0.15) is 0 Å². The first kappa shape index (κ1) is 16.9. The van der Waals surface area contributed by atoms with E-state index in [4.69, 9.17) is 4.74 Å². The van der Waals surface area contributed by atoms with Crippen molar-refractivity contribution >= 4 is 11.5 Å². The van der Waals surface area contributed by atoms with Gasteiger partial charge in [0.25, 0.3) is 5.82 Å². The Kier molecular flexibility index (Phi) is 4.37. The Morgan fingerprint density at radius 2 is 1.92 bits per heavy atom. The van der Waals surface area contributed by atoms with Gasteiger partial charge in [0.15, 0.2) is 11.5 Å². The maximum Gasteiger partial charge on any atom is 0.453 e. The number of hydrogen-bond acceptors (Lipinski definition) is 5. The van der Waals surface area contributed by atoms with E-state index in [1.54, 1.807) is 14.0 Å². The van der Waals surface area contributed by atoms with Gasteiger partial charge >= 0.3 is 6.18 Å². The molecular formula is C15H20F3N5O. The largest absolute Gasteiger partial charge is 0.453 e. The highest BCUT2D eigenvalue weighted by molar-refractivity contribution is 5.58. The molecule has 6 nitrogen and oxygen atoms in total. The molecule has 0 aliphatic heterocycles. The Bertz CT molecular complexity index is 743. The van der Waals surface area contributed by atoms with E-state index in [0.717, 1.165) is 35.8 Å². The third-order valence-electron chi connectivity index (χ3n) is 4.65. The van der Waals surface area contributed by atoms with Crippen LogP contribution >= 0.6 is 0 Å². The molecular weight excluding hydrogens is 323 g/mol. The lowest BCUT2D eigenvalue weighted by molar-refractivity contribution is -0.146. The van der Waals surface area contributed by atoms with Gasteiger partial charge in [-0.05, 0) is 45.1 Å². The Morgan fingerprint density at radius 3 is 2.58 bits per heavy atom. The number of methoxy groups -OCH3 is 1. The normalized spacial score (nSPS) is 22.1. The van der Waals surface area contributed by atoms with Gasteiger partial charge in [0.2, 0.25) is 0 Å². The number of rotatable bonds is 3. The van der Waals surface area contributed by atoms with Crippen LogP contribution < -0.4 is 5.32 Å². The lowest BCUT2D eigenvalue weighted by Crippen LogP contribution is -2.32. The monoisotopic (exact) mass is 343 g/mol. The fourth-order valence-electron chi connectivity index (χ4n) is 3.13. The average Bonchev–Trinajstić information content (AvgIpc) is 2.96. The predicted molar refractivity (Wildman–Crippen MR) is 81.9 cm³/mol. The van der Waals surface area contributed by atoms with Crippen LogP contribution in [0.1, 0.15) is 42.6 Å². The number of aromatic nitrogens is 4. The first-order valence-electron chi connectivity index (χ1n) is 7.90. The number of fused-ring (bicyclic) bond motifs is 1. The van der Waals surface area contributed by atoms with Gasteiger partial charge in [-0.25, -0.2) is 0 Å². The summed E-state index contributed by atoms with van der Waals surface area (Å²) < 4.78 is 45.4. The molecule has 0 spiro atoms. The van der Waals surface area contributed by atoms with Crippen molar-refractivity contribution in [2.75, 3.05) is 12.4 Å². The fraction of sp³-hybridized carbons (Fsp3) is 0.667. The molecule has 1 N–H and O–H groups in total. The van der Waals surface area contributed by atoms with Crippen molar-refractivity contribution in [3.05, 3.63) is 17.0 Å². The minimum Gasteiger partial charge on any atom is -0.381 e. The summed E-state index contributed by atoms with van der Waals surface area (Å²) in [6.07, 6.45) is -0.672. The van der Waals surface area contributed by atoms with Gasteiger partial charge in [0, 0.05) is 18.7 Å². The lowest BCUT2D eigenvalue weighted by atomic mass is 9.92. The predicted octanol–water partition coefficient (Wildman–Crippen LogP) is 3.13. The highest BCUT2D eigenvalue weighted by atomic mass is 19.4. The first-order valence-corrected chi connectivity index (χ1v) is 7.90. The molecule has 1 aliphatic carbocycles. The Hall–Kier alpha value is -1.90. The minimum atomic E-state index is -4.60. The van der Waals surface area contributed by atoms with Gasteiger partial charge in [-0.2, -0.15) is 17.7 Å². The molecule has 9 heteroatoms. The summed E-state index contributed by atoms with van der Waals surface area (Å²) in [6, 6.07) is 0.123. The molecule has 24 heavy (non-hydrogen) atoms. The second kappa shape index (κ2) is 6.19. The number of aryl methyl sites for hydroxylation is 1. The highest BCUT2D eigenvalue weighted by Crippen LogP contribution is 2.30. The summed E-state index contributed by atoms with van der Waals surface area (Å²) in [4.78, 5) is 0. The van der Waals surface area contributed by atoms with E-state index in [9.17, 15) is 13.2 Å². The van der Waals surface area contributed by atoms with Gasteiger partial charge < -0.3 is 10.1 Å². The van der Waals surface area contributed by atoms with Crippen molar-refractivity contribution in [3.8, 4) is 0 Å². The van der Waals surface area contributed by atoms with Crippen molar-refractivity contribution in [2.24, 2.45) is 0 Å². The van der Waals surface area contributed by atoms with Crippen LogP contribution in [-0.4, -0.2) is 39.1 Å². The van der Waals surface area contributed by atoms with Crippen molar-refractivity contribution in [1.82, 2.24) is 19.8 Å². The Labute approximate surface area is 137 Å². The van der Waals surface area contributed by atoms with E-state index in [2.05, 4.69) is 20.6 Å². The molecule has 1 fully saturated rings. The lowest BCUT2D eigenvalue weighted by Gasteiger charge is -2.29. The molecule has 2 atom stereocenters. The van der Waals surface area contributed by atoms with Gasteiger partial charge in [-0.15, -0.1) is 15.3 Å². The zero-order valence-electron chi connectivity index (χ0n) is 13.8. The minimum absolute atomic E-state index is 0.123. The number of anilines is 1. The molecule has 2 unspecified atom stereocenters. The summed E-state index contributed by atoms with van der Waals surface area (Å²) in [5.74, 6) is -0.672. The molecule has 0 aromatic carbocycles. The molecule has 3 rings (SSSR count). The molecule has 0 radical (unpaired) electrons. The van der Waals surface area contributed by atoms with E-state index in [1.165, 1.54) is 0 Å². The molecule has 1 aliphatic rings. The third kappa shape index (κ3) is 3.04. The number of hydrogen-bond donors (Lipinski definition) is 1. The summed E-state index contributed by atoms with van der Waals surface area (Å²) in [5, 5.41) is 14.3. The van der Waals surface area contributed by atoms with E-state index < -0.39 is 12.0 Å². The van der Waals surface area contributed by atoms with E-state index in [0.29, 0.717) is 11.4 Å². The van der Waals surface area contributed by atoms with E-state index in [1.807, 2.05) is 6.92 Å². The van der Waals surface area contributed by atoms with Crippen LogP contribution in [-0.2, 0) is 10.9 Å². The van der Waals surface area contributed by atoms with Crippen molar-refractivity contribution in [2.45, 2.75) is 57.9 Å². The number of nitrogens with zero attached hydrogens (tertiary/aromatic N) is 4. The number of ether oxygens (including phenoxy) is 1. The number of halogens is 3. The number of nitrogens with one attached hydrogen (secondary N) is 1. The zero-order chi connectivity index (χ0) is 17.5. The van der Waals surface area contributed by atoms with Crippen LogP contribution in [0.5, 0.6) is 0 Å². The maximum absolute atomic E-state index is 13.1. The quantitative estimate of drug-likeness (QED) is 0.928. The van der Waals surface area contributed by atoms with Crippen molar-refractivity contribution in [3.63, 3.8) is 0 Å². The topological polar surface area (TPSA) is 64.3 Å². The van der Waals surface area contributed by atoms with Gasteiger partial charge in [-0.1, -0.05) is 0 Å². The second-order valence-electron chi connectivity index (χ2n) is 6.22. The average molecular weight is 343 g/mol. The van der Waals surface area contributed by atoms with E-state index in [-0.39, 0.29) is 17.8 Å². The summed E-state index contributed by atoms with van der Waals surface area (Å²) in [6.45, 7) is 3.55. The van der Waals surface area contributed by atoms with E-state index >= 15 is 0 Å². The van der Waals surface area contributed by atoms with Crippen LogP contribution in [0.4, 0.5) is 19.0 Å². The third-order valence-corrected chi connectivity index (χ3v) is 4.65. The molecule has 2 aromatic rings. The highest BCUT2D eigenvalue weighted by Gasteiger charge is 2.38. The van der Waals surface area contributed by atoms with Gasteiger partial charge in [0.05, 0.1) is 6.10 Å². The van der Waals surface area contributed by atoms with Crippen LogP contribution in [0.3, 0.4) is 0 Å². The Balaban J connectivity index is 1.97. The molecule has 1 saturated carbocycles. The van der Waals surface area contributed by atoms with Crippen molar-refractivity contribution < 1.29 is 17.9 Å². The van der Waals surface area contributed by atoms with Gasteiger partial charge in [-0.3, -0.25) is 0 Å². The van der Waals surface area contributed by atoms with Crippen LogP contribution in [0, 0.1) is 13.8 Å². The van der Waals surface area contributed by atoms with Crippen LogP contribution in [0.2, 0.25) is 0 Å². The van der Waals surface area contributed by atoms with Crippen LogP contribution in [0.25, 0.3) is 5.65 Å². The number of alkyl halides is 3. The molecule has 2 aromatic heterocycles. The first-order chi connectivity index (χ1) is 11.3. The molecule has 0 bridgehead atoms. The molecule has 132 valence electrons. The maximum atomic E-state index is 13.1. The fourth-order valence-corrected chi connectivity index (χ4v) is 3.13. The smallest absolute Gasteiger partial charge is 0.381 e. The Morgan fingerprint density at radius 1 is 1.17 bits per heavy atom. The summed E-state index contributed by atoms with van der Waals surface area (Å²) >= 11 is 0. The second-order valence-corrected chi connectivity index (χ2v) is 6.22. The van der Waals surface area contributed by atoms with Crippen molar-refractivity contribution in [1.29, 1.82) is 0 Å². The summed E-state index contributed by atoms with van der Waals surface area (Å²) in [7, 11) is 1.68. The molecule has 0 saturated heterocycles. The SMILES string of the molecule is COC1CCCC(Nc2nn3c(C(F)(F)F)nnc3c(C)c2C)C1. The zero-order valence-corrected chi connectivity index (χ0v) is 13.8. The molecule has 0 amide bonds. The summed E-state index contributed by atoms with van der Waals surface area (Å²) in [5.41, 5.74) is 1.54.